The molecule has 0 radical (unpaired) electrons. The lowest BCUT2D eigenvalue weighted by molar-refractivity contribution is 0.870. The van der Waals surface area contributed by atoms with E-state index in [4.69, 9.17) is 17.3 Å². The zero-order valence-electron chi connectivity index (χ0n) is 10.0. The zero-order chi connectivity index (χ0) is 13.1. The van der Waals surface area contributed by atoms with Crippen LogP contribution in [0.4, 0.5) is 5.69 Å². The topological polar surface area (TPSA) is 71.8 Å². The van der Waals surface area contributed by atoms with Crippen LogP contribution in [0.1, 0.15) is 17.1 Å². The van der Waals surface area contributed by atoms with Crippen molar-refractivity contribution in [2.24, 2.45) is 0 Å². The Kier molecular flexibility index (Phi) is 3.67. The first-order valence-corrected chi connectivity index (χ1v) is 6.03. The molecular weight excluding hydrogens is 250 g/mol. The van der Waals surface area contributed by atoms with Gasteiger partial charge in [-0.1, -0.05) is 17.7 Å². The van der Waals surface area contributed by atoms with Gasteiger partial charge in [0.2, 0.25) is 0 Å². The summed E-state index contributed by atoms with van der Waals surface area (Å²) in [5.41, 5.74) is 8.05. The predicted molar refractivity (Wildman–Crippen MR) is 72.9 cm³/mol. The highest BCUT2D eigenvalue weighted by molar-refractivity contribution is 6.33. The first-order chi connectivity index (χ1) is 8.54. The molecule has 1 aromatic carbocycles. The maximum absolute atomic E-state index is 11.3. The summed E-state index contributed by atoms with van der Waals surface area (Å²) in [6.45, 7) is 1.77. The molecule has 0 spiro atoms. The highest BCUT2D eigenvalue weighted by atomic mass is 35.5. The summed E-state index contributed by atoms with van der Waals surface area (Å²) in [6, 6.07) is 7.08. The first kappa shape index (κ1) is 12.6. The lowest BCUT2D eigenvalue weighted by Crippen LogP contribution is -2.11. The van der Waals surface area contributed by atoms with Gasteiger partial charge in [-0.2, -0.15) is 0 Å². The van der Waals surface area contributed by atoms with Crippen LogP contribution in [0.15, 0.2) is 29.1 Å². The summed E-state index contributed by atoms with van der Waals surface area (Å²) in [7, 11) is 0. The molecule has 0 bridgehead atoms. The van der Waals surface area contributed by atoms with Crippen molar-refractivity contribution < 1.29 is 0 Å². The molecule has 3 N–H and O–H groups in total. The third-order valence-corrected chi connectivity index (χ3v) is 2.99. The van der Waals surface area contributed by atoms with Gasteiger partial charge in [0.1, 0.15) is 5.82 Å². The van der Waals surface area contributed by atoms with Crippen molar-refractivity contribution in [1.29, 1.82) is 0 Å². The third kappa shape index (κ3) is 3.11. The number of H-pyrrole nitrogens is 1. The molecular formula is C13H14ClN3O. The largest absolute Gasteiger partial charge is 0.398 e. The van der Waals surface area contributed by atoms with Crippen molar-refractivity contribution in [2.75, 3.05) is 5.73 Å². The van der Waals surface area contributed by atoms with E-state index in [1.807, 2.05) is 12.1 Å². The monoisotopic (exact) mass is 263 g/mol. The average Bonchev–Trinajstić information content (AvgIpc) is 2.29. The van der Waals surface area contributed by atoms with E-state index < -0.39 is 0 Å². The number of aromatic nitrogens is 2. The fraction of sp³-hybridized carbons (Fsp3) is 0.231. The fourth-order valence-electron chi connectivity index (χ4n) is 1.79. The van der Waals surface area contributed by atoms with Gasteiger partial charge in [-0.15, -0.1) is 0 Å². The van der Waals surface area contributed by atoms with Crippen LogP contribution < -0.4 is 11.3 Å². The number of nitrogen functional groups attached to an aromatic ring is 1. The van der Waals surface area contributed by atoms with Gasteiger partial charge in [-0.3, -0.25) is 4.79 Å². The number of aromatic amines is 1. The second-order valence-electron chi connectivity index (χ2n) is 4.18. The molecule has 2 rings (SSSR count). The van der Waals surface area contributed by atoms with Gasteiger partial charge in [-0.25, -0.2) is 4.98 Å². The number of hydrogen-bond acceptors (Lipinski definition) is 3. The SMILES string of the molecule is Cc1nc(CCc2ccc(Cl)c(N)c2)cc(=O)[nH]1. The van der Waals surface area contributed by atoms with E-state index in [2.05, 4.69) is 9.97 Å². The summed E-state index contributed by atoms with van der Waals surface area (Å²) in [4.78, 5) is 18.2. The first-order valence-electron chi connectivity index (χ1n) is 5.65. The van der Waals surface area contributed by atoms with Crippen molar-refractivity contribution in [1.82, 2.24) is 9.97 Å². The van der Waals surface area contributed by atoms with Crippen molar-refractivity contribution in [3.05, 3.63) is 56.7 Å². The quantitative estimate of drug-likeness (QED) is 0.833. The highest BCUT2D eigenvalue weighted by Crippen LogP contribution is 2.20. The molecule has 0 aliphatic rings. The van der Waals surface area contributed by atoms with E-state index in [-0.39, 0.29) is 5.56 Å². The van der Waals surface area contributed by atoms with Crippen LogP contribution in [-0.2, 0) is 12.8 Å². The molecule has 5 heteroatoms. The maximum atomic E-state index is 11.3. The number of aryl methyl sites for hydroxylation is 3. The minimum absolute atomic E-state index is 0.117. The zero-order valence-corrected chi connectivity index (χ0v) is 10.8. The Morgan fingerprint density at radius 1 is 1.33 bits per heavy atom. The second-order valence-corrected chi connectivity index (χ2v) is 4.59. The Hall–Kier alpha value is -1.81. The molecule has 94 valence electrons. The standard InChI is InChI=1S/C13H14ClN3O/c1-8-16-10(7-13(18)17-8)4-2-9-3-5-11(14)12(15)6-9/h3,5-7H,2,4,15H2,1H3,(H,16,17,18). The summed E-state index contributed by atoms with van der Waals surface area (Å²) in [5.74, 6) is 0.633. The average molecular weight is 264 g/mol. The van der Waals surface area contributed by atoms with Gasteiger partial charge in [0.05, 0.1) is 10.7 Å². The van der Waals surface area contributed by atoms with E-state index in [1.54, 1.807) is 13.0 Å². The Morgan fingerprint density at radius 3 is 2.78 bits per heavy atom. The minimum atomic E-state index is -0.117. The molecule has 0 saturated carbocycles. The molecule has 18 heavy (non-hydrogen) atoms. The number of nitrogens with zero attached hydrogens (tertiary/aromatic N) is 1. The smallest absolute Gasteiger partial charge is 0.251 e. The summed E-state index contributed by atoms with van der Waals surface area (Å²) < 4.78 is 0. The van der Waals surface area contributed by atoms with Crippen LogP contribution >= 0.6 is 11.6 Å². The van der Waals surface area contributed by atoms with E-state index >= 15 is 0 Å². The van der Waals surface area contributed by atoms with Crippen molar-refractivity contribution in [3.63, 3.8) is 0 Å². The van der Waals surface area contributed by atoms with Gasteiger partial charge in [0.25, 0.3) is 5.56 Å². The van der Waals surface area contributed by atoms with Crippen LogP contribution in [0, 0.1) is 6.92 Å². The fourth-order valence-corrected chi connectivity index (χ4v) is 1.91. The summed E-state index contributed by atoms with van der Waals surface area (Å²) >= 11 is 5.86. The van der Waals surface area contributed by atoms with Gasteiger partial charge in [-0.05, 0) is 37.5 Å². The molecule has 0 aliphatic carbocycles. The lowest BCUT2D eigenvalue weighted by atomic mass is 10.1. The number of benzene rings is 1. The summed E-state index contributed by atoms with van der Waals surface area (Å²) in [5, 5.41) is 0.559. The third-order valence-electron chi connectivity index (χ3n) is 2.64. The van der Waals surface area contributed by atoms with E-state index in [0.29, 0.717) is 23.0 Å². The number of halogens is 1. The van der Waals surface area contributed by atoms with Gasteiger partial charge >= 0.3 is 0 Å². The molecule has 1 aromatic heterocycles. The molecule has 0 unspecified atom stereocenters. The Morgan fingerprint density at radius 2 is 2.11 bits per heavy atom. The second kappa shape index (κ2) is 5.23. The van der Waals surface area contributed by atoms with Crippen molar-refractivity contribution in [3.8, 4) is 0 Å². The Labute approximate surface area is 110 Å². The van der Waals surface area contributed by atoms with Crippen LogP contribution in [-0.4, -0.2) is 9.97 Å². The van der Waals surface area contributed by atoms with E-state index in [0.717, 1.165) is 17.7 Å². The van der Waals surface area contributed by atoms with E-state index in [9.17, 15) is 4.79 Å². The van der Waals surface area contributed by atoms with Crippen LogP contribution in [0.25, 0.3) is 0 Å². The summed E-state index contributed by atoms with van der Waals surface area (Å²) in [6.07, 6.45) is 1.48. The number of nitrogens with one attached hydrogen (secondary N) is 1. The molecule has 0 fully saturated rings. The molecule has 0 aliphatic heterocycles. The van der Waals surface area contributed by atoms with Crippen molar-refractivity contribution >= 4 is 17.3 Å². The molecule has 4 nitrogen and oxygen atoms in total. The minimum Gasteiger partial charge on any atom is -0.398 e. The number of nitrogens with two attached hydrogens (primary N) is 1. The number of rotatable bonds is 3. The Bertz CT molecular complexity index is 622. The lowest BCUT2D eigenvalue weighted by Gasteiger charge is -2.04. The molecule has 2 aromatic rings. The molecule has 0 amide bonds. The molecule has 1 heterocycles. The van der Waals surface area contributed by atoms with Crippen LogP contribution in [0.5, 0.6) is 0 Å². The number of anilines is 1. The van der Waals surface area contributed by atoms with Gasteiger partial charge < -0.3 is 10.7 Å². The molecule has 0 saturated heterocycles. The van der Waals surface area contributed by atoms with E-state index in [1.165, 1.54) is 6.07 Å². The van der Waals surface area contributed by atoms with Crippen LogP contribution in [0.3, 0.4) is 0 Å². The van der Waals surface area contributed by atoms with Gasteiger partial charge in [0, 0.05) is 11.8 Å². The van der Waals surface area contributed by atoms with Gasteiger partial charge in [0.15, 0.2) is 0 Å². The highest BCUT2D eigenvalue weighted by Gasteiger charge is 2.02. The van der Waals surface area contributed by atoms with Crippen LogP contribution in [0.2, 0.25) is 5.02 Å². The molecule has 0 atom stereocenters. The number of hydrogen-bond donors (Lipinski definition) is 2. The van der Waals surface area contributed by atoms with Crippen molar-refractivity contribution in [2.45, 2.75) is 19.8 Å². The predicted octanol–water partition coefficient (Wildman–Crippen LogP) is 2.10. The Balaban J connectivity index is 2.11. The maximum Gasteiger partial charge on any atom is 0.251 e. The normalized spacial score (nSPS) is 10.6.